The van der Waals surface area contributed by atoms with Crippen molar-refractivity contribution in [2.75, 3.05) is 32.9 Å². The molecule has 9 nitrogen and oxygen atoms in total. The maximum absolute atomic E-state index is 13.6. The maximum Gasteiger partial charge on any atom is 0.407 e. The Morgan fingerprint density at radius 2 is 1.93 bits per heavy atom. The Balaban J connectivity index is 1.46. The molecule has 2 fully saturated rings. The van der Waals surface area contributed by atoms with Gasteiger partial charge < -0.3 is 34.3 Å². The van der Waals surface area contributed by atoms with Gasteiger partial charge in [0.2, 0.25) is 0 Å². The van der Waals surface area contributed by atoms with Gasteiger partial charge in [0.15, 0.2) is 11.2 Å². The van der Waals surface area contributed by atoms with Crippen LogP contribution in [0.2, 0.25) is 0 Å². The fourth-order valence-electron chi connectivity index (χ4n) is 5.01. The minimum absolute atomic E-state index is 0.0118. The van der Waals surface area contributed by atoms with Crippen molar-refractivity contribution in [3.63, 3.8) is 0 Å². The standard InChI is InChI=1S/C30H40N2O7S/c1-21(2)18-32(40(36)24-12-10-22(11-13-24)9-6-15-33)19-27(34)26(17-23-7-4-3-5-8-23)31-30(35)39-28-20-38-29-25(28)14-16-37-29/h3-13,21,25-29,33-34H,14-20H2,1-2H3,(H,31,35)/b9-6+/t25-,26-,27+,28-,29+,40?/m0/s1. The van der Waals surface area contributed by atoms with Crippen molar-refractivity contribution in [1.82, 2.24) is 9.62 Å². The van der Waals surface area contributed by atoms with Gasteiger partial charge in [0.05, 0.1) is 55.8 Å². The minimum atomic E-state index is -1.53. The molecule has 0 aromatic heterocycles. The van der Waals surface area contributed by atoms with Gasteiger partial charge in [-0.15, -0.1) is 4.31 Å². The molecule has 2 aliphatic rings. The lowest BCUT2D eigenvalue weighted by Crippen LogP contribution is -2.51. The van der Waals surface area contributed by atoms with Gasteiger partial charge >= 0.3 is 6.09 Å². The summed E-state index contributed by atoms with van der Waals surface area (Å²) in [4.78, 5) is 13.6. The summed E-state index contributed by atoms with van der Waals surface area (Å²) < 4.78 is 32.2. The Labute approximate surface area is 239 Å². The largest absolute Gasteiger partial charge is 0.593 e. The van der Waals surface area contributed by atoms with Crippen molar-refractivity contribution < 1.29 is 33.8 Å². The fraction of sp³-hybridized carbons (Fsp3) is 0.500. The molecule has 0 bridgehead atoms. The number of alkyl carbamates (subject to hydrolysis) is 1. The van der Waals surface area contributed by atoms with E-state index in [4.69, 9.17) is 19.3 Å². The normalized spacial score (nSPS) is 22.9. The van der Waals surface area contributed by atoms with Gasteiger partial charge in [0.25, 0.3) is 0 Å². The van der Waals surface area contributed by atoms with Crippen LogP contribution in [0.15, 0.2) is 65.6 Å². The van der Waals surface area contributed by atoms with E-state index < -0.39 is 35.7 Å². The lowest BCUT2D eigenvalue weighted by atomic mass is 10.0. The third kappa shape index (κ3) is 8.53. The van der Waals surface area contributed by atoms with Gasteiger partial charge in [0.1, 0.15) is 6.10 Å². The number of aliphatic hydroxyl groups is 2. The van der Waals surface area contributed by atoms with Crippen LogP contribution in [0.5, 0.6) is 0 Å². The number of benzene rings is 2. The van der Waals surface area contributed by atoms with Crippen LogP contribution < -0.4 is 5.32 Å². The molecule has 2 aliphatic heterocycles. The summed E-state index contributed by atoms with van der Waals surface area (Å²) in [6.07, 6.45) is 2.20. The number of hydrogen-bond donors (Lipinski definition) is 3. The number of amides is 1. The van der Waals surface area contributed by atoms with Crippen LogP contribution in [0.25, 0.3) is 6.08 Å². The van der Waals surface area contributed by atoms with E-state index in [1.807, 2.05) is 56.3 Å². The number of nitrogens with zero attached hydrogens (tertiary/aromatic N) is 1. The maximum atomic E-state index is 13.6. The summed E-state index contributed by atoms with van der Waals surface area (Å²) in [6.45, 7) is 5.44. The molecule has 1 unspecified atom stereocenters. The van der Waals surface area contributed by atoms with Crippen molar-refractivity contribution in [1.29, 1.82) is 0 Å². The molecular formula is C30H40N2O7S. The highest BCUT2D eigenvalue weighted by molar-refractivity contribution is 7.89. The van der Waals surface area contributed by atoms with Gasteiger partial charge in [0, 0.05) is 6.54 Å². The lowest BCUT2D eigenvalue weighted by molar-refractivity contribution is -0.0907. The molecule has 10 heteroatoms. The summed E-state index contributed by atoms with van der Waals surface area (Å²) in [6, 6.07) is 16.2. The van der Waals surface area contributed by atoms with Gasteiger partial charge in [-0.25, -0.2) is 4.79 Å². The van der Waals surface area contributed by atoms with Crippen LogP contribution in [-0.4, -0.2) is 82.6 Å². The molecule has 3 N–H and O–H groups in total. The number of ether oxygens (including phenoxy) is 3. The van der Waals surface area contributed by atoms with Gasteiger partial charge in [-0.3, -0.25) is 0 Å². The molecule has 40 heavy (non-hydrogen) atoms. The molecule has 2 saturated heterocycles. The zero-order valence-electron chi connectivity index (χ0n) is 23.1. The minimum Gasteiger partial charge on any atom is -0.593 e. The van der Waals surface area contributed by atoms with Crippen molar-refractivity contribution in [2.45, 2.75) is 56.1 Å². The molecule has 6 atom stereocenters. The summed E-state index contributed by atoms with van der Waals surface area (Å²) in [5.41, 5.74) is 1.84. The van der Waals surface area contributed by atoms with Gasteiger partial charge in [-0.05, 0) is 54.2 Å². The Hall–Kier alpha value is -2.44. The number of nitrogens with one attached hydrogen (secondary N) is 1. The molecular weight excluding hydrogens is 532 g/mol. The number of carbonyl (C=O) groups excluding carboxylic acids is 1. The SMILES string of the molecule is CC(C)CN(C[C@@H](O)[C@H](Cc1ccccc1)NC(=O)O[C@H]1CO[C@H]2OCC[C@H]21)[S+]([O-])c1ccc(/C=C/CO)cc1. The van der Waals surface area contributed by atoms with Crippen molar-refractivity contribution in [3.05, 3.63) is 71.8 Å². The zero-order valence-corrected chi connectivity index (χ0v) is 23.9. The second kappa shape index (κ2) is 15.0. The van der Waals surface area contributed by atoms with E-state index in [9.17, 15) is 14.5 Å². The van der Waals surface area contributed by atoms with Gasteiger partial charge in [-0.2, -0.15) is 0 Å². The van der Waals surface area contributed by atoms with Crippen LogP contribution in [0, 0.1) is 11.8 Å². The monoisotopic (exact) mass is 572 g/mol. The first-order valence-corrected chi connectivity index (χ1v) is 14.9. The van der Waals surface area contributed by atoms with E-state index >= 15 is 0 Å². The zero-order chi connectivity index (χ0) is 28.5. The predicted molar refractivity (Wildman–Crippen MR) is 153 cm³/mol. The van der Waals surface area contributed by atoms with Crippen LogP contribution in [0.1, 0.15) is 31.4 Å². The average molecular weight is 573 g/mol. The van der Waals surface area contributed by atoms with Gasteiger partial charge in [-0.1, -0.05) is 56.3 Å². The summed E-state index contributed by atoms with van der Waals surface area (Å²) in [5.74, 6) is 0.204. The highest BCUT2D eigenvalue weighted by Crippen LogP contribution is 2.33. The van der Waals surface area contributed by atoms with Crippen molar-refractivity contribution in [3.8, 4) is 0 Å². The van der Waals surface area contributed by atoms with Crippen molar-refractivity contribution >= 4 is 23.5 Å². The Kier molecular flexibility index (Phi) is 11.4. The molecule has 0 saturated carbocycles. The van der Waals surface area contributed by atoms with Crippen LogP contribution in [0.4, 0.5) is 4.79 Å². The van der Waals surface area contributed by atoms with E-state index in [0.29, 0.717) is 24.5 Å². The fourth-order valence-corrected chi connectivity index (χ4v) is 6.40. The highest BCUT2D eigenvalue weighted by Gasteiger charge is 2.44. The average Bonchev–Trinajstić information content (AvgIpc) is 3.56. The van der Waals surface area contributed by atoms with E-state index in [1.54, 1.807) is 28.6 Å². The number of aliphatic hydroxyl groups excluding tert-OH is 2. The summed E-state index contributed by atoms with van der Waals surface area (Å²) in [5, 5.41) is 23.3. The second-order valence-electron chi connectivity index (χ2n) is 10.6. The molecule has 2 aromatic carbocycles. The molecule has 2 heterocycles. The predicted octanol–water partition coefficient (Wildman–Crippen LogP) is 3.13. The van der Waals surface area contributed by atoms with Crippen molar-refractivity contribution in [2.24, 2.45) is 11.8 Å². The topological polar surface area (TPSA) is 124 Å². The molecule has 2 aromatic rings. The first kappa shape index (κ1) is 30.5. The summed E-state index contributed by atoms with van der Waals surface area (Å²) >= 11 is -1.53. The Bertz CT molecular complexity index is 1090. The molecule has 218 valence electrons. The number of fused-ring (bicyclic) bond motifs is 1. The quantitative estimate of drug-likeness (QED) is 0.313. The van der Waals surface area contributed by atoms with Crippen LogP contribution in [0.3, 0.4) is 0 Å². The van der Waals surface area contributed by atoms with E-state index in [0.717, 1.165) is 17.5 Å². The number of rotatable bonds is 13. The van der Waals surface area contributed by atoms with E-state index in [1.165, 1.54) is 0 Å². The Morgan fingerprint density at radius 3 is 2.62 bits per heavy atom. The lowest BCUT2D eigenvalue weighted by Gasteiger charge is -2.31. The van der Waals surface area contributed by atoms with Crippen LogP contribution in [-0.2, 0) is 32.0 Å². The Morgan fingerprint density at radius 1 is 1.18 bits per heavy atom. The molecule has 0 aliphatic carbocycles. The first-order chi connectivity index (χ1) is 19.3. The van der Waals surface area contributed by atoms with E-state index in [2.05, 4.69) is 5.32 Å². The third-order valence-electron chi connectivity index (χ3n) is 7.00. The third-order valence-corrected chi connectivity index (χ3v) is 8.44. The highest BCUT2D eigenvalue weighted by atomic mass is 32.2. The number of carbonyl (C=O) groups is 1. The van der Waals surface area contributed by atoms with E-state index in [-0.39, 0.29) is 37.9 Å². The first-order valence-electron chi connectivity index (χ1n) is 13.8. The molecule has 0 radical (unpaired) electrons. The number of hydrogen-bond acceptors (Lipinski definition) is 8. The second-order valence-corrected chi connectivity index (χ2v) is 12.1. The summed E-state index contributed by atoms with van der Waals surface area (Å²) in [7, 11) is 0. The molecule has 4 rings (SSSR count). The molecule has 0 spiro atoms. The molecule has 1 amide bonds. The van der Waals surface area contributed by atoms with Crippen LogP contribution >= 0.6 is 0 Å². The smallest absolute Gasteiger partial charge is 0.407 e.